The maximum absolute atomic E-state index is 10.4. The van der Waals surface area contributed by atoms with Gasteiger partial charge < -0.3 is 10.0 Å². The highest BCUT2D eigenvalue weighted by Crippen LogP contribution is 2.16. The van der Waals surface area contributed by atoms with E-state index in [1.807, 2.05) is 0 Å². The summed E-state index contributed by atoms with van der Waals surface area (Å²) in [4.78, 5) is 12.7. The van der Waals surface area contributed by atoms with Crippen LogP contribution in [0.25, 0.3) is 0 Å². The smallest absolute Gasteiger partial charge is 0.303 e. The third-order valence-corrected chi connectivity index (χ3v) is 3.57. The van der Waals surface area contributed by atoms with Crippen LogP contribution in [0.5, 0.6) is 0 Å². The van der Waals surface area contributed by atoms with E-state index in [2.05, 4.69) is 44.9 Å². The first-order valence-electron chi connectivity index (χ1n) is 6.87. The van der Waals surface area contributed by atoms with Crippen molar-refractivity contribution >= 4 is 5.97 Å². The van der Waals surface area contributed by atoms with Crippen LogP contribution in [-0.4, -0.2) is 29.6 Å². The van der Waals surface area contributed by atoms with E-state index < -0.39 is 5.97 Å². The largest absolute Gasteiger partial charge is 0.481 e. The van der Waals surface area contributed by atoms with Gasteiger partial charge in [-0.15, -0.1) is 0 Å². The van der Waals surface area contributed by atoms with Crippen molar-refractivity contribution in [3.05, 3.63) is 34.4 Å². The lowest BCUT2D eigenvalue weighted by Crippen LogP contribution is -2.20. The summed E-state index contributed by atoms with van der Waals surface area (Å²) in [5, 5.41) is 8.59. The fourth-order valence-electron chi connectivity index (χ4n) is 2.22. The molecule has 0 fully saturated rings. The molecule has 0 radical (unpaired) electrons. The lowest BCUT2D eigenvalue weighted by molar-refractivity contribution is -0.137. The van der Waals surface area contributed by atoms with Crippen molar-refractivity contribution < 1.29 is 9.90 Å². The molecule has 0 aromatic heterocycles. The van der Waals surface area contributed by atoms with Crippen molar-refractivity contribution in [3.63, 3.8) is 0 Å². The minimum atomic E-state index is -0.701. The number of nitrogens with zero attached hydrogens (tertiary/aromatic N) is 1. The molecule has 1 aromatic carbocycles. The number of aryl methyl sites for hydroxylation is 3. The van der Waals surface area contributed by atoms with Crippen LogP contribution in [0.1, 0.15) is 41.5 Å². The van der Waals surface area contributed by atoms with Crippen molar-refractivity contribution in [2.24, 2.45) is 0 Å². The van der Waals surface area contributed by atoms with Gasteiger partial charge in [-0.1, -0.05) is 12.1 Å². The lowest BCUT2D eigenvalue weighted by Gasteiger charge is -2.19. The van der Waals surface area contributed by atoms with E-state index >= 15 is 0 Å². The quantitative estimate of drug-likeness (QED) is 0.767. The Labute approximate surface area is 116 Å². The molecule has 0 saturated carbocycles. The van der Waals surface area contributed by atoms with E-state index in [4.69, 9.17) is 5.11 Å². The first kappa shape index (κ1) is 15.7. The second-order valence-electron chi connectivity index (χ2n) is 5.45. The Morgan fingerprint density at radius 3 is 2.37 bits per heavy atom. The van der Waals surface area contributed by atoms with E-state index in [1.54, 1.807) is 0 Å². The molecule has 0 aliphatic carbocycles. The molecule has 0 bridgehead atoms. The van der Waals surface area contributed by atoms with E-state index in [1.165, 1.54) is 22.3 Å². The summed E-state index contributed by atoms with van der Waals surface area (Å²) < 4.78 is 0. The molecule has 1 aromatic rings. The molecule has 0 aliphatic heterocycles. The molecular weight excluding hydrogens is 238 g/mol. The molecule has 0 spiro atoms. The minimum Gasteiger partial charge on any atom is -0.481 e. The molecule has 0 saturated heterocycles. The summed E-state index contributed by atoms with van der Waals surface area (Å²) in [5.74, 6) is -0.701. The second-order valence-corrected chi connectivity index (χ2v) is 5.45. The topological polar surface area (TPSA) is 40.5 Å². The van der Waals surface area contributed by atoms with Gasteiger partial charge in [0.05, 0.1) is 0 Å². The highest BCUT2D eigenvalue weighted by atomic mass is 16.4. The average Bonchev–Trinajstić information content (AvgIpc) is 2.31. The summed E-state index contributed by atoms with van der Waals surface area (Å²) in [7, 11) is 2.09. The molecule has 19 heavy (non-hydrogen) atoms. The average molecular weight is 263 g/mol. The molecule has 3 nitrogen and oxygen atoms in total. The van der Waals surface area contributed by atoms with Gasteiger partial charge in [0, 0.05) is 13.0 Å². The number of aliphatic carboxylic acids is 1. The Morgan fingerprint density at radius 2 is 1.74 bits per heavy atom. The molecule has 3 heteroatoms. The molecule has 0 amide bonds. The molecule has 0 aliphatic rings. The summed E-state index contributed by atoms with van der Waals surface area (Å²) >= 11 is 0. The van der Waals surface area contributed by atoms with Crippen LogP contribution < -0.4 is 0 Å². The summed E-state index contributed by atoms with van der Waals surface area (Å²) in [6, 6.07) is 4.50. The van der Waals surface area contributed by atoms with E-state index in [-0.39, 0.29) is 6.42 Å². The van der Waals surface area contributed by atoms with E-state index in [0.29, 0.717) is 0 Å². The lowest BCUT2D eigenvalue weighted by atomic mass is 10.0. The zero-order valence-electron chi connectivity index (χ0n) is 12.5. The first-order valence-corrected chi connectivity index (χ1v) is 6.87. The van der Waals surface area contributed by atoms with E-state index in [9.17, 15) is 4.79 Å². The number of hydrogen-bond donors (Lipinski definition) is 1. The van der Waals surface area contributed by atoms with Crippen molar-refractivity contribution in [1.82, 2.24) is 4.90 Å². The molecule has 106 valence electrons. The molecule has 0 atom stereocenters. The van der Waals surface area contributed by atoms with Gasteiger partial charge in [-0.3, -0.25) is 4.79 Å². The van der Waals surface area contributed by atoms with Crippen LogP contribution in [0.15, 0.2) is 12.1 Å². The third-order valence-electron chi connectivity index (χ3n) is 3.57. The molecule has 0 unspecified atom stereocenters. The number of benzene rings is 1. The fraction of sp³-hybridized carbons (Fsp3) is 0.562. The van der Waals surface area contributed by atoms with Crippen molar-refractivity contribution in [1.29, 1.82) is 0 Å². The van der Waals surface area contributed by atoms with Gasteiger partial charge in [-0.05, 0) is 69.5 Å². The van der Waals surface area contributed by atoms with Crippen LogP contribution in [0.4, 0.5) is 0 Å². The van der Waals surface area contributed by atoms with Gasteiger partial charge >= 0.3 is 5.97 Å². The van der Waals surface area contributed by atoms with Gasteiger partial charge in [0.15, 0.2) is 0 Å². The van der Waals surface area contributed by atoms with Crippen LogP contribution in [0.2, 0.25) is 0 Å². The number of carboxylic acid groups (broad SMARTS) is 1. The maximum atomic E-state index is 10.4. The van der Waals surface area contributed by atoms with E-state index in [0.717, 1.165) is 25.9 Å². The number of carbonyl (C=O) groups is 1. The number of rotatable bonds is 7. The molecule has 0 heterocycles. The zero-order chi connectivity index (χ0) is 14.4. The van der Waals surface area contributed by atoms with Crippen LogP contribution in [0.3, 0.4) is 0 Å². The second kappa shape index (κ2) is 7.29. The molecule has 1 N–H and O–H groups in total. The van der Waals surface area contributed by atoms with Crippen molar-refractivity contribution in [2.45, 2.75) is 46.6 Å². The predicted octanol–water partition coefficient (Wildman–Crippen LogP) is 3.30. The monoisotopic (exact) mass is 263 g/mol. The van der Waals surface area contributed by atoms with Crippen LogP contribution in [0, 0.1) is 20.8 Å². The summed E-state index contributed by atoms with van der Waals surface area (Å²) in [6.07, 6.45) is 1.97. The van der Waals surface area contributed by atoms with Crippen LogP contribution in [-0.2, 0) is 11.3 Å². The minimum absolute atomic E-state index is 0.274. The van der Waals surface area contributed by atoms with Gasteiger partial charge in [0.1, 0.15) is 0 Å². The molecular formula is C16H25NO2. The Balaban J connectivity index is 2.46. The van der Waals surface area contributed by atoms with Gasteiger partial charge in [-0.2, -0.15) is 0 Å². The Bertz CT molecular complexity index is 441. The summed E-state index contributed by atoms with van der Waals surface area (Å²) in [6.45, 7) is 8.31. The number of carboxylic acids is 1. The molecule has 1 rings (SSSR count). The zero-order valence-corrected chi connectivity index (χ0v) is 12.5. The highest BCUT2D eigenvalue weighted by molar-refractivity contribution is 5.66. The predicted molar refractivity (Wildman–Crippen MR) is 78.5 cm³/mol. The van der Waals surface area contributed by atoms with Crippen molar-refractivity contribution in [2.75, 3.05) is 13.6 Å². The number of unbranched alkanes of at least 4 members (excludes halogenated alkanes) is 1. The van der Waals surface area contributed by atoms with Crippen molar-refractivity contribution in [3.8, 4) is 0 Å². The highest BCUT2D eigenvalue weighted by Gasteiger charge is 2.06. The normalized spacial score (nSPS) is 11.0. The van der Waals surface area contributed by atoms with Gasteiger partial charge in [0.2, 0.25) is 0 Å². The van der Waals surface area contributed by atoms with Gasteiger partial charge in [-0.25, -0.2) is 0 Å². The Kier molecular flexibility index (Phi) is 6.03. The Hall–Kier alpha value is -1.35. The standard InChI is InChI=1S/C16H25NO2/c1-12-9-14(3)15(10-13(12)2)11-17(4)8-6-5-7-16(18)19/h9-10H,5-8,11H2,1-4H3,(H,18,19). The Morgan fingerprint density at radius 1 is 1.11 bits per heavy atom. The third kappa shape index (κ3) is 5.43. The maximum Gasteiger partial charge on any atom is 0.303 e. The number of hydrogen-bond acceptors (Lipinski definition) is 2. The summed E-state index contributed by atoms with van der Waals surface area (Å²) in [5.41, 5.74) is 5.37. The first-order chi connectivity index (χ1) is 8.90. The fourth-order valence-corrected chi connectivity index (χ4v) is 2.22. The van der Waals surface area contributed by atoms with Crippen LogP contribution >= 0.6 is 0 Å². The van der Waals surface area contributed by atoms with Gasteiger partial charge in [0.25, 0.3) is 0 Å². The SMILES string of the molecule is Cc1cc(C)c(CN(C)CCCCC(=O)O)cc1C.